The summed E-state index contributed by atoms with van der Waals surface area (Å²) >= 11 is 5.82. The maximum atomic E-state index is 12.7. The summed E-state index contributed by atoms with van der Waals surface area (Å²) in [6.45, 7) is 1.46. The average molecular weight is 410 g/mol. The molecule has 6 nitrogen and oxygen atoms in total. The van der Waals surface area contributed by atoms with Crippen LogP contribution in [-0.4, -0.2) is 45.0 Å². The van der Waals surface area contributed by atoms with Gasteiger partial charge in [-0.3, -0.25) is 4.79 Å². The van der Waals surface area contributed by atoms with Gasteiger partial charge in [0, 0.05) is 18.1 Å². The summed E-state index contributed by atoms with van der Waals surface area (Å²) in [5.41, 5.74) is 1.42. The highest BCUT2D eigenvalue weighted by Gasteiger charge is 2.26. The predicted molar refractivity (Wildman–Crippen MR) is 101 cm³/mol. The van der Waals surface area contributed by atoms with E-state index in [1.165, 1.54) is 4.31 Å². The molecule has 0 saturated carbocycles. The Kier molecular flexibility index (Phi) is 6.49. The molecule has 0 aliphatic carbocycles. The molecule has 0 atom stereocenters. The molecule has 144 valence electrons. The van der Waals surface area contributed by atoms with Gasteiger partial charge in [-0.25, -0.2) is 8.42 Å². The standard InChI is InChI=1S/C19H20ClNO5S/c20-17-6-4-15(5-7-17)13-19(22)26-14-16-2-1-3-18(12-16)27(23,24)21-8-10-25-11-9-21/h1-7,12H,8-11,13-14H2. The van der Waals surface area contributed by atoms with Crippen LogP contribution in [0.4, 0.5) is 0 Å². The molecule has 3 rings (SSSR count). The van der Waals surface area contributed by atoms with Gasteiger partial charge in [0.1, 0.15) is 6.61 Å². The van der Waals surface area contributed by atoms with Gasteiger partial charge in [0.15, 0.2) is 0 Å². The van der Waals surface area contributed by atoms with E-state index in [2.05, 4.69) is 0 Å². The monoisotopic (exact) mass is 409 g/mol. The Morgan fingerprint density at radius 2 is 1.78 bits per heavy atom. The van der Waals surface area contributed by atoms with E-state index in [-0.39, 0.29) is 17.9 Å². The average Bonchev–Trinajstić information content (AvgIpc) is 2.69. The van der Waals surface area contributed by atoms with Crippen LogP contribution in [0.2, 0.25) is 5.02 Å². The van der Waals surface area contributed by atoms with E-state index >= 15 is 0 Å². The molecule has 0 spiro atoms. The molecule has 0 bridgehead atoms. The molecule has 1 aliphatic rings. The number of hydrogen-bond acceptors (Lipinski definition) is 5. The van der Waals surface area contributed by atoms with Crippen LogP contribution >= 0.6 is 11.6 Å². The molecule has 1 aliphatic heterocycles. The first-order valence-corrected chi connectivity index (χ1v) is 10.3. The summed E-state index contributed by atoms with van der Waals surface area (Å²) < 4.78 is 37.3. The van der Waals surface area contributed by atoms with Gasteiger partial charge in [0.05, 0.1) is 24.5 Å². The van der Waals surface area contributed by atoms with E-state index < -0.39 is 16.0 Å². The van der Waals surface area contributed by atoms with E-state index in [4.69, 9.17) is 21.1 Å². The minimum Gasteiger partial charge on any atom is -0.461 e. The third-order valence-corrected chi connectivity index (χ3v) is 6.31. The lowest BCUT2D eigenvalue weighted by Crippen LogP contribution is -2.40. The van der Waals surface area contributed by atoms with Gasteiger partial charge in [0.2, 0.25) is 10.0 Å². The number of halogens is 1. The van der Waals surface area contributed by atoms with Crippen molar-refractivity contribution in [2.75, 3.05) is 26.3 Å². The van der Waals surface area contributed by atoms with E-state index in [1.807, 2.05) is 0 Å². The molecule has 0 aromatic heterocycles. The minimum atomic E-state index is -3.58. The van der Waals surface area contributed by atoms with E-state index in [9.17, 15) is 13.2 Å². The molecular weight excluding hydrogens is 390 g/mol. The molecule has 0 N–H and O–H groups in total. The van der Waals surface area contributed by atoms with Crippen molar-refractivity contribution < 1.29 is 22.7 Å². The number of nitrogens with zero attached hydrogens (tertiary/aromatic N) is 1. The fraction of sp³-hybridized carbons (Fsp3) is 0.316. The lowest BCUT2D eigenvalue weighted by atomic mass is 10.1. The summed E-state index contributed by atoms with van der Waals surface area (Å²) in [6, 6.07) is 13.4. The zero-order valence-electron chi connectivity index (χ0n) is 14.6. The molecule has 2 aromatic carbocycles. The Morgan fingerprint density at radius 1 is 1.07 bits per heavy atom. The Balaban J connectivity index is 1.61. The first-order valence-electron chi connectivity index (χ1n) is 8.52. The Labute approximate surface area is 163 Å². The lowest BCUT2D eigenvalue weighted by molar-refractivity contribution is -0.144. The van der Waals surface area contributed by atoms with Crippen molar-refractivity contribution in [1.82, 2.24) is 4.31 Å². The third-order valence-electron chi connectivity index (χ3n) is 4.17. The number of sulfonamides is 1. The Morgan fingerprint density at radius 3 is 2.48 bits per heavy atom. The summed E-state index contributed by atoms with van der Waals surface area (Å²) in [5.74, 6) is -0.390. The molecule has 0 amide bonds. The van der Waals surface area contributed by atoms with Crippen LogP contribution in [0, 0.1) is 0 Å². The molecule has 1 heterocycles. The van der Waals surface area contributed by atoms with Crippen molar-refractivity contribution in [2.24, 2.45) is 0 Å². The smallest absolute Gasteiger partial charge is 0.310 e. The van der Waals surface area contributed by atoms with Crippen LogP contribution in [0.3, 0.4) is 0 Å². The van der Waals surface area contributed by atoms with Crippen LogP contribution in [0.15, 0.2) is 53.4 Å². The second-order valence-corrected chi connectivity index (χ2v) is 8.50. The number of esters is 1. The lowest BCUT2D eigenvalue weighted by Gasteiger charge is -2.26. The first-order chi connectivity index (χ1) is 12.9. The van der Waals surface area contributed by atoms with Crippen molar-refractivity contribution in [3.8, 4) is 0 Å². The van der Waals surface area contributed by atoms with Gasteiger partial charge in [-0.1, -0.05) is 35.9 Å². The van der Waals surface area contributed by atoms with Crippen LogP contribution in [0.5, 0.6) is 0 Å². The highest BCUT2D eigenvalue weighted by Crippen LogP contribution is 2.19. The minimum absolute atomic E-state index is 0.0128. The van der Waals surface area contributed by atoms with Gasteiger partial charge in [-0.15, -0.1) is 0 Å². The van der Waals surface area contributed by atoms with Gasteiger partial charge < -0.3 is 9.47 Å². The quantitative estimate of drug-likeness (QED) is 0.686. The highest BCUT2D eigenvalue weighted by atomic mass is 35.5. The largest absolute Gasteiger partial charge is 0.461 e. The van der Waals surface area contributed by atoms with Crippen LogP contribution in [-0.2, 0) is 37.3 Å². The normalized spacial score (nSPS) is 15.4. The first kappa shape index (κ1) is 19.8. The molecule has 1 saturated heterocycles. The fourth-order valence-electron chi connectivity index (χ4n) is 2.72. The molecule has 0 radical (unpaired) electrons. The molecule has 0 unspecified atom stereocenters. The number of carbonyl (C=O) groups is 1. The number of morpholine rings is 1. The van der Waals surface area contributed by atoms with Gasteiger partial charge in [-0.05, 0) is 35.4 Å². The van der Waals surface area contributed by atoms with Crippen molar-refractivity contribution in [1.29, 1.82) is 0 Å². The van der Waals surface area contributed by atoms with Crippen molar-refractivity contribution >= 4 is 27.6 Å². The molecular formula is C19H20ClNO5S. The molecule has 1 fully saturated rings. The van der Waals surface area contributed by atoms with Crippen molar-refractivity contribution in [3.63, 3.8) is 0 Å². The Bertz CT molecular complexity index is 893. The second-order valence-electron chi connectivity index (χ2n) is 6.13. The van der Waals surface area contributed by atoms with E-state index in [0.29, 0.717) is 36.9 Å². The van der Waals surface area contributed by atoms with Gasteiger partial charge in [0.25, 0.3) is 0 Å². The fourth-order valence-corrected chi connectivity index (χ4v) is 4.32. The Hall–Kier alpha value is -1.93. The summed E-state index contributed by atoms with van der Waals surface area (Å²) in [5, 5.41) is 0.602. The maximum absolute atomic E-state index is 12.7. The predicted octanol–water partition coefficient (Wildman–Crippen LogP) is 2.65. The third kappa shape index (κ3) is 5.29. The number of benzene rings is 2. The topological polar surface area (TPSA) is 72.9 Å². The van der Waals surface area contributed by atoms with Gasteiger partial charge in [-0.2, -0.15) is 4.31 Å². The van der Waals surface area contributed by atoms with E-state index in [0.717, 1.165) is 5.56 Å². The molecule has 27 heavy (non-hydrogen) atoms. The number of hydrogen-bond donors (Lipinski definition) is 0. The zero-order valence-corrected chi connectivity index (χ0v) is 16.2. The van der Waals surface area contributed by atoms with Crippen molar-refractivity contribution in [2.45, 2.75) is 17.9 Å². The van der Waals surface area contributed by atoms with Crippen LogP contribution in [0.1, 0.15) is 11.1 Å². The molecule has 8 heteroatoms. The van der Waals surface area contributed by atoms with Gasteiger partial charge >= 0.3 is 5.97 Å². The summed E-state index contributed by atoms with van der Waals surface area (Å²) in [7, 11) is -3.58. The second kappa shape index (κ2) is 8.84. The zero-order chi connectivity index (χ0) is 19.3. The maximum Gasteiger partial charge on any atom is 0.310 e. The van der Waals surface area contributed by atoms with Crippen LogP contribution in [0.25, 0.3) is 0 Å². The van der Waals surface area contributed by atoms with Crippen molar-refractivity contribution in [3.05, 3.63) is 64.7 Å². The SMILES string of the molecule is O=C(Cc1ccc(Cl)cc1)OCc1cccc(S(=O)(=O)N2CCOCC2)c1. The number of ether oxygens (including phenoxy) is 2. The van der Waals surface area contributed by atoms with E-state index in [1.54, 1.807) is 48.5 Å². The van der Waals surface area contributed by atoms with Crippen LogP contribution < -0.4 is 0 Å². The summed E-state index contributed by atoms with van der Waals surface area (Å²) in [4.78, 5) is 12.2. The number of rotatable bonds is 6. The number of carbonyl (C=O) groups excluding carboxylic acids is 1. The summed E-state index contributed by atoms with van der Waals surface area (Å²) in [6.07, 6.45) is 0.128. The molecule has 2 aromatic rings. The highest BCUT2D eigenvalue weighted by molar-refractivity contribution is 7.89.